The molecule has 1 aromatic heterocycles. The maximum absolute atomic E-state index is 12.1. The minimum atomic E-state index is -0.212. The minimum Gasteiger partial charge on any atom is -0.496 e. The number of hydrazone groups is 1. The summed E-state index contributed by atoms with van der Waals surface area (Å²) in [7, 11) is 1.62. The number of aromatic nitrogens is 2. The van der Waals surface area contributed by atoms with Crippen LogP contribution >= 0.6 is 0 Å². The van der Waals surface area contributed by atoms with Crippen LogP contribution in [0.2, 0.25) is 0 Å². The van der Waals surface area contributed by atoms with Crippen LogP contribution < -0.4 is 15.7 Å². The van der Waals surface area contributed by atoms with Crippen molar-refractivity contribution < 1.29 is 4.74 Å². The number of fused-ring (bicyclic) bond motifs is 2. The van der Waals surface area contributed by atoms with Gasteiger partial charge in [0.15, 0.2) is 0 Å². The van der Waals surface area contributed by atoms with Crippen LogP contribution in [0.15, 0.2) is 70.6 Å². The average Bonchev–Trinajstić information content (AvgIpc) is 2.68. The Morgan fingerprint density at radius 2 is 1.81 bits per heavy atom. The molecule has 1 heterocycles. The number of ether oxygens (including phenoxy) is 1. The largest absolute Gasteiger partial charge is 0.496 e. The lowest BCUT2D eigenvalue weighted by atomic mass is 10.0. The van der Waals surface area contributed by atoms with E-state index in [4.69, 9.17) is 4.74 Å². The highest BCUT2D eigenvalue weighted by molar-refractivity contribution is 6.02. The van der Waals surface area contributed by atoms with Gasteiger partial charge in [0.25, 0.3) is 5.56 Å². The molecule has 6 nitrogen and oxygen atoms in total. The van der Waals surface area contributed by atoms with Crippen molar-refractivity contribution in [3.63, 3.8) is 0 Å². The topological polar surface area (TPSA) is 79.4 Å². The zero-order chi connectivity index (χ0) is 17.9. The normalized spacial score (nSPS) is 11.3. The third-order valence-corrected chi connectivity index (χ3v) is 4.13. The number of rotatable bonds is 4. The van der Waals surface area contributed by atoms with E-state index < -0.39 is 0 Å². The summed E-state index contributed by atoms with van der Waals surface area (Å²) in [5.74, 6) is 0.998. The summed E-state index contributed by atoms with van der Waals surface area (Å²) in [6, 6.07) is 19.0. The maximum Gasteiger partial charge on any atom is 0.260 e. The van der Waals surface area contributed by atoms with Gasteiger partial charge < -0.3 is 4.74 Å². The van der Waals surface area contributed by atoms with Crippen LogP contribution in [-0.4, -0.2) is 23.3 Å². The molecule has 0 radical (unpaired) electrons. The Balaban J connectivity index is 1.69. The van der Waals surface area contributed by atoms with Gasteiger partial charge in [-0.1, -0.05) is 42.5 Å². The Bertz CT molecular complexity index is 1180. The van der Waals surface area contributed by atoms with E-state index in [0.29, 0.717) is 16.7 Å². The van der Waals surface area contributed by atoms with E-state index in [2.05, 4.69) is 20.5 Å². The van der Waals surface area contributed by atoms with Crippen molar-refractivity contribution in [1.29, 1.82) is 0 Å². The molecule has 0 fully saturated rings. The van der Waals surface area contributed by atoms with Gasteiger partial charge in [-0.2, -0.15) is 5.10 Å². The molecular weight excluding hydrogens is 328 g/mol. The fraction of sp³-hybridized carbons (Fsp3) is 0.0500. The van der Waals surface area contributed by atoms with E-state index in [1.54, 1.807) is 31.5 Å². The second kappa shape index (κ2) is 6.68. The second-order valence-corrected chi connectivity index (χ2v) is 5.70. The Morgan fingerprint density at radius 3 is 2.65 bits per heavy atom. The van der Waals surface area contributed by atoms with Gasteiger partial charge in [0.2, 0.25) is 5.95 Å². The van der Waals surface area contributed by atoms with Crippen molar-refractivity contribution in [2.75, 3.05) is 12.5 Å². The third-order valence-electron chi connectivity index (χ3n) is 4.13. The number of hydrogen-bond donors (Lipinski definition) is 2. The standard InChI is InChI=1S/C20H16N4O2/c1-26-18-11-10-13-6-2-3-7-14(13)16(18)12-21-24-20-22-17-9-5-4-8-15(17)19(25)23-20/h2-12H,1H3,(H2,22,23,24,25)/b21-12+. The first-order chi connectivity index (χ1) is 12.8. The summed E-state index contributed by atoms with van der Waals surface area (Å²) in [6.45, 7) is 0. The van der Waals surface area contributed by atoms with Crippen LogP contribution in [0.4, 0.5) is 5.95 Å². The number of nitrogens with zero attached hydrogens (tertiary/aromatic N) is 2. The van der Waals surface area contributed by atoms with Crippen LogP contribution in [0.25, 0.3) is 21.7 Å². The number of para-hydroxylation sites is 1. The lowest BCUT2D eigenvalue weighted by Crippen LogP contribution is -2.11. The molecule has 0 saturated carbocycles. The number of benzene rings is 3. The monoisotopic (exact) mass is 344 g/mol. The SMILES string of the molecule is COc1ccc2ccccc2c1/C=N/Nc1nc2ccccc2c(=O)[nH]1. The Morgan fingerprint density at radius 1 is 1.04 bits per heavy atom. The van der Waals surface area contributed by atoms with Crippen LogP contribution in [0.5, 0.6) is 5.75 Å². The lowest BCUT2D eigenvalue weighted by molar-refractivity contribution is 0.415. The lowest BCUT2D eigenvalue weighted by Gasteiger charge is -2.08. The Labute approximate surface area is 149 Å². The molecule has 2 N–H and O–H groups in total. The van der Waals surface area contributed by atoms with Gasteiger partial charge in [0.1, 0.15) is 5.75 Å². The number of hydrogen-bond acceptors (Lipinski definition) is 5. The van der Waals surface area contributed by atoms with Crippen LogP contribution in [0, 0.1) is 0 Å². The van der Waals surface area contributed by atoms with Gasteiger partial charge in [-0.05, 0) is 29.0 Å². The zero-order valence-electron chi connectivity index (χ0n) is 14.1. The van der Waals surface area contributed by atoms with Gasteiger partial charge in [-0.25, -0.2) is 10.4 Å². The number of methoxy groups -OCH3 is 1. The summed E-state index contributed by atoms with van der Waals surface area (Å²) >= 11 is 0. The van der Waals surface area contributed by atoms with Crippen molar-refractivity contribution in [2.24, 2.45) is 5.10 Å². The van der Waals surface area contributed by atoms with Gasteiger partial charge in [0, 0.05) is 5.56 Å². The molecule has 0 bridgehead atoms. The molecule has 0 saturated heterocycles. The van der Waals surface area contributed by atoms with Crippen LogP contribution in [0.3, 0.4) is 0 Å². The number of nitrogens with one attached hydrogen (secondary N) is 2. The molecule has 4 rings (SSSR count). The molecular formula is C20H16N4O2. The highest BCUT2D eigenvalue weighted by atomic mass is 16.5. The van der Waals surface area contributed by atoms with Gasteiger partial charge in [0.05, 0.1) is 24.2 Å². The van der Waals surface area contributed by atoms with Gasteiger partial charge in [-0.15, -0.1) is 0 Å². The summed E-state index contributed by atoms with van der Waals surface area (Å²) in [6.07, 6.45) is 1.66. The molecule has 0 aliphatic heterocycles. The summed E-state index contributed by atoms with van der Waals surface area (Å²) in [4.78, 5) is 19.1. The molecule has 0 aliphatic rings. The summed E-state index contributed by atoms with van der Waals surface area (Å²) in [5.41, 5.74) is 4.03. The predicted molar refractivity (Wildman–Crippen MR) is 104 cm³/mol. The van der Waals surface area contributed by atoms with E-state index >= 15 is 0 Å². The Hall–Kier alpha value is -3.67. The van der Waals surface area contributed by atoms with Crippen LogP contribution in [0.1, 0.15) is 5.56 Å². The van der Waals surface area contributed by atoms with E-state index in [9.17, 15) is 4.79 Å². The van der Waals surface area contributed by atoms with Crippen molar-refractivity contribution in [2.45, 2.75) is 0 Å². The maximum atomic E-state index is 12.1. The number of H-pyrrole nitrogens is 1. The number of aromatic amines is 1. The molecule has 0 atom stereocenters. The van der Waals surface area contributed by atoms with E-state index in [0.717, 1.165) is 16.3 Å². The zero-order valence-corrected chi connectivity index (χ0v) is 14.1. The highest BCUT2D eigenvalue weighted by Crippen LogP contribution is 2.26. The molecule has 0 spiro atoms. The molecule has 3 aromatic carbocycles. The first-order valence-electron chi connectivity index (χ1n) is 8.10. The first kappa shape index (κ1) is 15.8. The predicted octanol–water partition coefficient (Wildman–Crippen LogP) is 3.53. The minimum absolute atomic E-state index is 0.212. The second-order valence-electron chi connectivity index (χ2n) is 5.70. The Kier molecular flexibility index (Phi) is 4.07. The van der Waals surface area contributed by atoms with E-state index in [1.165, 1.54) is 0 Å². The molecule has 0 amide bonds. The summed E-state index contributed by atoms with van der Waals surface area (Å²) < 4.78 is 5.44. The van der Waals surface area contributed by atoms with Crippen molar-refractivity contribution in [1.82, 2.24) is 9.97 Å². The van der Waals surface area contributed by atoms with Crippen molar-refractivity contribution in [3.05, 3.63) is 76.6 Å². The molecule has 0 unspecified atom stereocenters. The highest BCUT2D eigenvalue weighted by Gasteiger charge is 2.06. The molecule has 26 heavy (non-hydrogen) atoms. The van der Waals surface area contributed by atoms with Crippen LogP contribution in [-0.2, 0) is 0 Å². The van der Waals surface area contributed by atoms with Crippen molar-refractivity contribution >= 4 is 33.8 Å². The molecule has 4 aromatic rings. The average molecular weight is 344 g/mol. The third kappa shape index (κ3) is 2.88. The van der Waals surface area contributed by atoms with Gasteiger partial charge >= 0.3 is 0 Å². The molecule has 0 aliphatic carbocycles. The van der Waals surface area contributed by atoms with E-state index in [1.807, 2.05) is 42.5 Å². The fourth-order valence-electron chi connectivity index (χ4n) is 2.88. The quantitative estimate of drug-likeness (QED) is 0.438. The molecule has 128 valence electrons. The van der Waals surface area contributed by atoms with E-state index in [-0.39, 0.29) is 11.5 Å². The fourth-order valence-corrected chi connectivity index (χ4v) is 2.88. The summed E-state index contributed by atoms with van der Waals surface area (Å²) in [5, 5.41) is 6.89. The first-order valence-corrected chi connectivity index (χ1v) is 8.10. The smallest absolute Gasteiger partial charge is 0.260 e. The number of anilines is 1. The van der Waals surface area contributed by atoms with Crippen molar-refractivity contribution in [3.8, 4) is 5.75 Å². The molecule has 6 heteroatoms. The van der Waals surface area contributed by atoms with Gasteiger partial charge in [-0.3, -0.25) is 9.78 Å².